The van der Waals surface area contributed by atoms with Crippen LogP contribution in [0.25, 0.3) is 16.5 Å². The van der Waals surface area contributed by atoms with Crippen LogP contribution in [0.2, 0.25) is 5.02 Å². The fraction of sp³-hybridized carbons (Fsp3) is 0.265. The second-order valence-corrected chi connectivity index (χ2v) is 12.0. The summed E-state index contributed by atoms with van der Waals surface area (Å²) in [5, 5.41) is 11.0. The topological polar surface area (TPSA) is 62.9 Å². The molecule has 42 heavy (non-hydrogen) atoms. The molecule has 222 valence electrons. The summed E-state index contributed by atoms with van der Waals surface area (Å²) in [7, 11) is 5.74. The van der Waals surface area contributed by atoms with Gasteiger partial charge >= 0.3 is 0 Å². The zero-order valence-electron chi connectivity index (χ0n) is 24.8. The van der Waals surface area contributed by atoms with Gasteiger partial charge in [0.15, 0.2) is 5.43 Å². The Kier molecular flexibility index (Phi) is 11.8. The number of phenols is 1. The predicted molar refractivity (Wildman–Crippen MR) is 178 cm³/mol. The number of methoxy groups -OCH3 is 1. The molecule has 2 heterocycles. The monoisotopic (exact) mass is 625 g/mol. The van der Waals surface area contributed by atoms with Crippen LogP contribution >= 0.6 is 35.8 Å². The van der Waals surface area contributed by atoms with Gasteiger partial charge in [-0.3, -0.25) is 4.79 Å². The van der Waals surface area contributed by atoms with Crippen LogP contribution in [0.15, 0.2) is 91.3 Å². The summed E-state index contributed by atoms with van der Waals surface area (Å²) in [6, 6.07) is 17.6. The third kappa shape index (κ3) is 7.81. The molecule has 0 aliphatic carbocycles. The normalized spacial score (nSPS) is 12.6. The maximum atomic E-state index is 12.0. The summed E-state index contributed by atoms with van der Waals surface area (Å²) in [6.07, 6.45) is 5.98. The van der Waals surface area contributed by atoms with Crippen molar-refractivity contribution in [3.8, 4) is 11.5 Å². The molecule has 3 aromatic carbocycles. The Bertz CT molecular complexity index is 1690. The molecule has 1 N–H and O–H groups in total. The van der Waals surface area contributed by atoms with Crippen LogP contribution in [0.3, 0.4) is 0 Å². The highest BCUT2D eigenvalue weighted by atomic mass is 35.5. The summed E-state index contributed by atoms with van der Waals surface area (Å²) in [4.78, 5) is 16.9. The molecule has 1 aliphatic heterocycles. The number of aromatic hydroxyl groups is 1. The summed E-state index contributed by atoms with van der Waals surface area (Å²) in [6.45, 7) is 6.75. The van der Waals surface area contributed by atoms with Gasteiger partial charge in [0, 0.05) is 39.1 Å². The number of rotatable bonds is 6. The van der Waals surface area contributed by atoms with E-state index >= 15 is 0 Å². The number of nitrogens with zero attached hydrogens (tertiary/aromatic N) is 1. The zero-order valence-corrected chi connectivity index (χ0v) is 27.2. The fourth-order valence-electron chi connectivity index (χ4n) is 4.67. The lowest BCUT2D eigenvalue weighted by Crippen LogP contribution is -2.12. The molecular formula is C34H37Cl2NO4S. The van der Waals surface area contributed by atoms with E-state index in [0.717, 1.165) is 29.1 Å². The van der Waals surface area contributed by atoms with E-state index in [-0.39, 0.29) is 29.0 Å². The minimum absolute atomic E-state index is 0. The smallest absolute Gasteiger partial charge is 0.196 e. The molecule has 4 aromatic rings. The van der Waals surface area contributed by atoms with E-state index in [1.165, 1.54) is 45.7 Å². The molecule has 0 radical (unpaired) electrons. The Morgan fingerprint density at radius 1 is 1.07 bits per heavy atom. The average molecular weight is 627 g/mol. The van der Waals surface area contributed by atoms with Gasteiger partial charge in [-0.1, -0.05) is 59.3 Å². The van der Waals surface area contributed by atoms with Gasteiger partial charge in [-0.15, -0.1) is 12.4 Å². The lowest BCUT2D eigenvalue weighted by molar-refractivity contribution is 0.403. The number of aryl methyl sites for hydroxylation is 1. The van der Waals surface area contributed by atoms with Crippen LogP contribution in [0.4, 0.5) is 0 Å². The van der Waals surface area contributed by atoms with Crippen LogP contribution in [0.5, 0.6) is 11.5 Å². The second kappa shape index (κ2) is 14.8. The number of halogens is 2. The maximum absolute atomic E-state index is 12.0. The molecular weight excluding hydrogens is 589 g/mol. The first kappa shape index (κ1) is 33.3. The summed E-state index contributed by atoms with van der Waals surface area (Å²) < 4.78 is 11.0. The van der Waals surface area contributed by atoms with Gasteiger partial charge in [0.1, 0.15) is 28.2 Å². The van der Waals surface area contributed by atoms with Gasteiger partial charge in [0.2, 0.25) is 0 Å². The third-order valence-electron chi connectivity index (χ3n) is 6.65. The Morgan fingerprint density at radius 2 is 1.79 bits per heavy atom. The zero-order chi connectivity index (χ0) is 29.7. The molecule has 5 nitrogen and oxygen atoms in total. The second-order valence-electron chi connectivity index (χ2n) is 10.4. The lowest BCUT2D eigenvalue weighted by atomic mass is 9.96. The Morgan fingerprint density at radius 3 is 2.48 bits per heavy atom. The van der Waals surface area contributed by atoms with E-state index in [1.54, 1.807) is 6.92 Å². The van der Waals surface area contributed by atoms with E-state index in [0.29, 0.717) is 23.5 Å². The molecule has 1 aliphatic rings. The summed E-state index contributed by atoms with van der Waals surface area (Å²) in [5.41, 5.74) is 5.95. The summed E-state index contributed by atoms with van der Waals surface area (Å²) >= 11 is 8.03. The predicted octanol–water partition coefficient (Wildman–Crippen LogP) is 8.93. The number of hydrogen-bond acceptors (Lipinski definition) is 6. The van der Waals surface area contributed by atoms with Crippen LogP contribution < -0.4 is 10.2 Å². The number of fused-ring (bicyclic) bond motifs is 3. The van der Waals surface area contributed by atoms with E-state index in [2.05, 4.69) is 61.5 Å². The largest absolute Gasteiger partial charge is 0.507 e. The van der Waals surface area contributed by atoms with E-state index in [1.807, 2.05) is 37.8 Å². The van der Waals surface area contributed by atoms with Gasteiger partial charge in [0.05, 0.1) is 7.11 Å². The van der Waals surface area contributed by atoms with Gasteiger partial charge in [-0.25, -0.2) is 0 Å². The molecule has 8 heteroatoms. The van der Waals surface area contributed by atoms with Crippen LogP contribution in [-0.2, 0) is 6.42 Å². The minimum Gasteiger partial charge on any atom is -0.507 e. The van der Waals surface area contributed by atoms with Crippen molar-refractivity contribution in [2.45, 2.75) is 43.4 Å². The minimum atomic E-state index is -0.248. The molecule has 0 atom stereocenters. The maximum Gasteiger partial charge on any atom is 0.196 e. The first-order valence-electron chi connectivity index (χ1n) is 13.5. The molecule has 0 unspecified atom stereocenters. The number of allylic oxidation sites excluding steroid dienone is 2. The lowest BCUT2D eigenvalue weighted by Gasteiger charge is -2.22. The quantitative estimate of drug-likeness (QED) is 0.190. The number of benzene rings is 3. The van der Waals surface area contributed by atoms with Gasteiger partial charge in [-0.2, -0.15) is 0 Å². The standard InChI is InChI=1S/C18H18ClNS.C16H18O4.ClH/c1-20(2)11-5-7-14-15-6-3-4-8-17(15)21-18-10-9-13(19)12-16(14)18;1-9(2)5-6-11-14(19-4)8-13(18)15-12(17)7-10(3)20-16(11)15;/h3-4,6-10,12H,5,11H2,1-2H3;5,7-8,18H,6H2,1-4H3;1H. The van der Waals surface area contributed by atoms with Crippen molar-refractivity contribution in [3.63, 3.8) is 0 Å². The van der Waals surface area contributed by atoms with Crippen LogP contribution in [-0.4, -0.2) is 37.8 Å². The van der Waals surface area contributed by atoms with E-state index < -0.39 is 0 Å². The molecule has 0 bridgehead atoms. The van der Waals surface area contributed by atoms with Gasteiger partial charge in [0.25, 0.3) is 0 Å². The first-order valence-corrected chi connectivity index (χ1v) is 14.7. The highest BCUT2D eigenvalue weighted by molar-refractivity contribution is 7.99. The Hall–Kier alpha value is -3.16. The van der Waals surface area contributed by atoms with Crippen LogP contribution in [0.1, 0.15) is 42.7 Å². The number of phenolic OH excluding ortho intramolecular Hbond substituents is 1. The SMILES string of the molecule is CN(C)CCC=C1c2ccccc2Sc2ccc(Cl)cc21.COc1cc(O)c2c(=O)cc(C)oc2c1CC=C(C)C.Cl. The molecule has 1 aromatic heterocycles. The van der Waals surface area contributed by atoms with Crippen molar-refractivity contribution in [3.05, 3.63) is 110 Å². The average Bonchev–Trinajstić information content (AvgIpc) is 2.91. The first-order chi connectivity index (χ1) is 19.6. The van der Waals surface area contributed by atoms with Crippen molar-refractivity contribution >= 4 is 52.3 Å². The van der Waals surface area contributed by atoms with Gasteiger partial charge in [-0.05, 0) is 88.7 Å². The van der Waals surface area contributed by atoms with Crippen molar-refractivity contribution in [1.82, 2.24) is 4.90 Å². The summed E-state index contributed by atoms with van der Waals surface area (Å²) in [5.74, 6) is 0.904. The molecule has 0 saturated heterocycles. The third-order valence-corrected chi connectivity index (χ3v) is 8.04. The fourth-order valence-corrected chi connectivity index (χ4v) is 5.93. The Balaban J connectivity index is 0.000000225. The van der Waals surface area contributed by atoms with E-state index in [4.69, 9.17) is 20.8 Å². The highest BCUT2D eigenvalue weighted by Gasteiger charge is 2.20. The van der Waals surface area contributed by atoms with Gasteiger partial charge < -0.3 is 19.2 Å². The molecule has 5 rings (SSSR count). The van der Waals surface area contributed by atoms with Crippen molar-refractivity contribution in [2.75, 3.05) is 27.7 Å². The molecule has 0 saturated carbocycles. The number of ether oxygens (including phenoxy) is 1. The molecule has 0 amide bonds. The van der Waals surface area contributed by atoms with Crippen molar-refractivity contribution in [2.24, 2.45) is 0 Å². The van der Waals surface area contributed by atoms with Crippen LogP contribution in [0, 0.1) is 6.92 Å². The Labute approximate surface area is 263 Å². The highest BCUT2D eigenvalue weighted by Crippen LogP contribution is 2.46. The van der Waals surface area contributed by atoms with Crippen molar-refractivity contribution in [1.29, 1.82) is 0 Å². The molecule has 0 fully saturated rings. The van der Waals surface area contributed by atoms with E-state index in [9.17, 15) is 9.90 Å². The number of hydrogen-bond donors (Lipinski definition) is 1. The van der Waals surface area contributed by atoms with Crippen molar-refractivity contribution < 1.29 is 14.3 Å². The molecule has 0 spiro atoms.